The lowest BCUT2D eigenvalue weighted by Crippen LogP contribution is -2.14. The van der Waals surface area contributed by atoms with Crippen LogP contribution in [-0.4, -0.2) is 38.9 Å². The molecule has 0 aromatic carbocycles. The zero-order valence-electron chi connectivity index (χ0n) is 11.8. The Bertz CT molecular complexity index is 661. The number of carbonyl (C=O) groups is 1. The van der Waals surface area contributed by atoms with Crippen molar-refractivity contribution in [1.82, 2.24) is 19.7 Å². The number of hydrogen-bond acceptors (Lipinski definition) is 5. The van der Waals surface area contributed by atoms with Gasteiger partial charge in [0.05, 0.1) is 13.0 Å². The molecule has 1 aliphatic heterocycles. The van der Waals surface area contributed by atoms with E-state index in [9.17, 15) is 4.79 Å². The SMILES string of the molecule is Cc1cccc(-n2nc(CC(N)=O)nc2[C@H]2CCOC2)n1. The molecule has 0 radical (unpaired) electrons. The summed E-state index contributed by atoms with van der Waals surface area (Å²) in [6.07, 6.45) is 0.917. The summed E-state index contributed by atoms with van der Waals surface area (Å²) in [5.41, 5.74) is 6.13. The number of rotatable bonds is 4. The van der Waals surface area contributed by atoms with E-state index >= 15 is 0 Å². The molecule has 3 heterocycles. The first-order valence-electron chi connectivity index (χ1n) is 6.89. The van der Waals surface area contributed by atoms with Gasteiger partial charge in [0.15, 0.2) is 11.6 Å². The minimum Gasteiger partial charge on any atom is -0.381 e. The molecule has 2 aromatic rings. The van der Waals surface area contributed by atoms with E-state index in [-0.39, 0.29) is 12.3 Å². The van der Waals surface area contributed by atoms with E-state index in [1.165, 1.54) is 0 Å². The molecule has 0 aliphatic carbocycles. The van der Waals surface area contributed by atoms with E-state index in [0.717, 1.165) is 17.9 Å². The Labute approximate surface area is 122 Å². The lowest BCUT2D eigenvalue weighted by atomic mass is 10.1. The van der Waals surface area contributed by atoms with Crippen molar-refractivity contribution in [2.75, 3.05) is 13.2 Å². The average Bonchev–Trinajstić information content (AvgIpc) is 3.06. The molecule has 2 N–H and O–H groups in total. The largest absolute Gasteiger partial charge is 0.381 e. The molecule has 1 fully saturated rings. The monoisotopic (exact) mass is 287 g/mol. The molecular formula is C14H17N5O2. The summed E-state index contributed by atoms with van der Waals surface area (Å²) in [5, 5.41) is 4.39. The zero-order valence-corrected chi connectivity index (χ0v) is 11.8. The van der Waals surface area contributed by atoms with Crippen molar-refractivity contribution in [2.45, 2.75) is 25.7 Å². The summed E-state index contributed by atoms with van der Waals surface area (Å²) in [6, 6.07) is 5.71. The Kier molecular flexibility index (Phi) is 3.66. The third kappa shape index (κ3) is 2.92. The van der Waals surface area contributed by atoms with E-state index in [4.69, 9.17) is 10.5 Å². The first-order valence-corrected chi connectivity index (χ1v) is 6.89. The van der Waals surface area contributed by atoms with Gasteiger partial charge in [0, 0.05) is 18.2 Å². The maximum absolute atomic E-state index is 11.1. The first kappa shape index (κ1) is 13.7. The molecule has 21 heavy (non-hydrogen) atoms. The summed E-state index contributed by atoms with van der Waals surface area (Å²) in [7, 11) is 0. The number of carbonyl (C=O) groups excluding carboxylic acids is 1. The van der Waals surface area contributed by atoms with Crippen molar-refractivity contribution in [3.05, 3.63) is 35.5 Å². The maximum atomic E-state index is 11.1. The maximum Gasteiger partial charge on any atom is 0.225 e. The Balaban J connectivity index is 2.03. The van der Waals surface area contributed by atoms with Gasteiger partial charge in [-0.05, 0) is 25.5 Å². The number of nitrogens with two attached hydrogens (primary N) is 1. The van der Waals surface area contributed by atoms with Crippen LogP contribution in [0.5, 0.6) is 0 Å². The highest BCUT2D eigenvalue weighted by Crippen LogP contribution is 2.25. The van der Waals surface area contributed by atoms with Crippen LogP contribution in [0, 0.1) is 6.92 Å². The van der Waals surface area contributed by atoms with Crippen molar-refractivity contribution in [1.29, 1.82) is 0 Å². The lowest BCUT2D eigenvalue weighted by Gasteiger charge is -2.09. The molecule has 1 amide bonds. The summed E-state index contributed by atoms with van der Waals surface area (Å²) >= 11 is 0. The van der Waals surface area contributed by atoms with Gasteiger partial charge in [-0.2, -0.15) is 4.68 Å². The van der Waals surface area contributed by atoms with Crippen molar-refractivity contribution < 1.29 is 9.53 Å². The Morgan fingerprint density at radius 1 is 1.48 bits per heavy atom. The van der Waals surface area contributed by atoms with Crippen LogP contribution in [0.4, 0.5) is 0 Å². The van der Waals surface area contributed by atoms with E-state index in [0.29, 0.717) is 24.9 Å². The zero-order chi connectivity index (χ0) is 14.8. The fourth-order valence-corrected chi connectivity index (χ4v) is 2.42. The van der Waals surface area contributed by atoms with Gasteiger partial charge in [-0.3, -0.25) is 4.79 Å². The van der Waals surface area contributed by atoms with Crippen LogP contribution in [0.15, 0.2) is 18.2 Å². The number of hydrogen-bond donors (Lipinski definition) is 1. The Morgan fingerprint density at radius 3 is 3.00 bits per heavy atom. The predicted molar refractivity (Wildman–Crippen MR) is 75.0 cm³/mol. The number of aryl methyl sites for hydroxylation is 1. The molecule has 0 unspecified atom stereocenters. The highest BCUT2D eigenvalue weighted by Gasteiger charge is 2.26. The quantitative estimate of drug-likeness (QED) is 0.883. The van der Waals surface area contributed by atoms with Gasteiger partial charge < -0.3 is 10.5 Å². The van der Waals surface area contributed by atoms with Gasteiger partial charge in [-0.15, -0.1) is 5.10 Å². The molecule has 3 rings (SSSR count). The topological polar surface area (TPSA) is 95.9 Å². The summed E-state index contributed by atoms with van der Waals surface area (Å²) < 4.78 is 7.12. The standard InChI is InChI=1S/C14H17N5O2/c1-9-3-2-4-13(16-9)19-14(10-5-6-21-8-10)17-12(18-19)7-11(15)20/h2-4,10H,5-8H2,1H3,(H2,15,20)/t10-/m0/s1. The van der Waals surface area contributed by atoms with Gasteiger partial charge in [0.2, 0.25) is 5.91 Å². The molecule has 1 atom stereocenters. The Hall–Kier alpha value is -2.28. The molecule has 0 bridgehead atoms. The van der Waals surface area contributed by atoms with Crippen LogP contribution in [0.3, 0.4) is 0 Å². The number of primary amides is 1. The van der Waals surface area contributed by atoms with Gasteiger partial charge >= 0.3 is 0 Å². The number of nitrogens with zero attached hydrogens (tertiary/aromatic N) is 4. The van der Waals surface area contributed by atoms with E-state index in [1.54, 1.807) is 4.68 Å². The molecule has 2 aromatic heterocycles. The number of aromatic nitrogens is 4. The third-order valence-corrected chi connectivity index (χ3v) is 3.39. The minimum absolute atomic E-state index is 0.0272. The van der Waals surface area contributed by atoms with Crippen LogP contribution < -0.4 is 5.73 Å². The van der Waals surface area contributed by atoms with Gasteiger partial charge in [0.1, 0.15) is 5.82 Å². The lowest BCUT2D eigenvalue weighted by molar-refractivity contribution is -0.117. The number of amides is 1. The first-order chi connectivity index (χ1) is 10.1. The van der Waals surface area contributed by atoms with Crippen LogP contribution in [0.1, 0.15) is 29.7 Å². The molecule has 7 nitrogen and oxygen atoms in total. The minimum atomic E-state index is -0.446. The van der Waals surface area contributed by atoms with Crippen molar-refractivity contribution in [2.24, 2.45) is 5.73 Å². The normalized spacial score (nSPS) is 18.0. The Morgan fingerprint density at radius 2 is 2.33 bits per heavy atom. The summed E-state index contributed by atoms with van der Waals surface area (Å²) in [4.78, 5) is 20.0. The molecule has 7 heteroatoms. The molecule has 1 aliphatic rings. The molecule has 1 saturated heterocycles. The van der Waals surface area contributed by atoms with Crippen LogP contribution >= 0.6 is 0 Å². The van der Waals surface area contributed by atoms with Gasteiger partial charge in [-0.1, -0.05) is 6.07 Å². The second-order valence-corrected chi connectivity index (χ2v) is 5.14. The van der Waals surface area contributed by atoms with Gasteiger partial charge in [0.25, 0.3) is 0 Å². The van der Waals surface area contributed by atoms with Crippen LogP contribution in [0.25, 0.3) is 5.82 Å². The fourth-order valence-electron chi connectivity index (χ4n) is 2.42. The van der Waals surface area contributed by atoms with Crippen molar-refractivity contribution in [3.63, 3.8) is 0 Å². The van der Waals surface area contributed by atoms with Crippen LogP contribution in [-0.2, 0) is 16.0 Å². The number of ether oxygens (including phenoxy) is 1. The van der Waals surface area contributed by atoms with Gasteiger partial charge in [-0.25, -0.2) is 9.97 Å². The molecule has 0 spiro atoms. The average molecular weight is 287 g/mol. The van der Waals surface area contributed by atoms with E-state index in [1.807, 2.05) is 25.1 Å². The summed E-state index contributed by atoms with van der Waals surface area (Å²) in [5.74, 6) is 1.62. The second-order valence-electron chi connectivity index (χ2n) is 5.14. The van der Waals surface area contributed by atoms with E-state index in [2.05, 4.69) is 15.1 Å². The van der Waals surface area contributed by atoms with Crippen LogP contribution in [0.2, 0.25) is 0 Å². The molecular weight excluding hydrogens is 270 g/mol. The molecule has 110 valence electrons. The highest BCUT2D eigenvalue weighted by atomic mass is 16.5. The fraction of sp³-hybridized carbons (Fsp3) is 0.429. The molecule has 0 saturated carbocycles. The second kappa shape index (κ2) is 5.61. The smallest absolute Gasteiger partial charge is 0.225 e. The summed E-state index contributed by atoms with van der Waals surface area (Å²) in [6.45, 7) is 3.24. The third-order valence-electron chi connectivity index (χ3n) is 3.39. The van der Waals surface area contributed by atoms with Crippen molar-refractivity contribution >= 4 is 5.91 Å². The van der Waals surface area contributed by atoms with E-state index < -0.39 is 5.91 Å². The van der Waals surface area contributed by atoms with Crippen molar-refractivity contribution in [3.8, 4) is 5.82 Å². The number of pyridine rings is 1. The predicted octanol–water partition coefficient (Wildman–Crippen LogP) is 0.502. The highest BCUT2D eigenvalue weighted by molar-refractivity contribution is 5.75.